The van der Waals surface area contributed by atoms with Crippen LogP contribution in [0.4, 0.5) is 0 Å². The second kappa shape index (κ2) is 11.8. The third-order valence-corrected chi connectivity index (χ3v) is 11.0. The number of benzene rings is 7. The largest absolute Gasteiger partial charge is 0.309 e. The van der Waals surface area contributed by atoms with Gasteiger partial charge < -0.3 is 13.7 Å². The van der Waals surface area contributed by atoms with Crippen molar-refractivity contribution < 1.29 is 0 Å². The number of nitriles is 2. The lowest BCUT2D eigenvalue weighted by Gasteiger charge is -2.19. The lowest BCUT2D eigenvalue weighted by atomic mass is 9.99. The molecule has 0 bridgehead atoms. The molecule has 0 fully saturated rings. The van der Waals surface area contributed by atoms with E-state index in [0.29, 0.717) is 28.1 Å². The Morgan fingerprint density at radius 2 is 0.745 bits per heavy atom. The molecule has 0 amide bonds. The van der Waals surface area contributed by atoms with Crippen molar-refractivity contribution in [1.29, 1.82) is 10.5 Å². The molecule has 0 aliphatic carbocycles. The van der Waals surface area contributed by atoms with Crippen molar-refractivity contribution in [1.82, 2.24) is 18.7 Å². The van der Waals surface area contributed by atoms with Crippen molar-refractivity contribution in [3.8, 4) is 40.5 Å². The lowest BCUT2D eigenvalue weighted by molar-refractivity contribution is 1.11. The molecule has 6 heteroatoms. The molecule has 0 saturated carbocycles. The van der Waals surface area contributed by atoms with Gasteiger partial charge in [-0.3, -0.25) is 4.98 Å². The average Bonchev–Trinajstić information content (AvgIpc) is 3.89. The van der Waals surface area contributed by atoms with Crippen LogP contribution in [0.1, 0.15) is 11.1 Å². The number of pyridine rings is 1. The van der Waals surface area contributed by atoms with E-state index in [1.54, 1.807) is 6.20 Å². The molecule has 0 radical (unpaired) electrons. The molecule has 0 aliphatic heterocycles. The van der Waals surface area contributed by atoms with E-state index < -0.39 is 0 Å². The summed E-state index contributed by atoms with van der Waals surface area (Å²) in [6.45, 7) is 0. The monoisotopic (exact) mass is 700 g/mol. The Morgan fingerprint density at radius 3 is 1.15 bits per heavy atom. The number of hydrogen-bond acceptors (Lipinski definition) is 3. The summed E-state index contributed by atoms with van der Waals surface area (Å²) in [4.78, 5) is 5.12. The number of aromatic nitrogens is 4. The smallest absolute Gasteiger partial charge is 0.101 e. The van der Waals surface area contributed by atoms with Crippen LogP contribution in [0.25, 0.3) is 93.7 Å². The highest BCUT2D eigenvalue weighted by atomic mass is 15.0. The maximum atomic E-state index is 11.1. The number of hydrogen-bond donors (Lipinski definition) is 0. The van der Waals surface area contributed by atoms with E-state index in [9.17, 15) is 10.5 Å². The van der Waals surface area contributed by atoms with Crippen molar-refractivity contribution in [2.24, 2.45) is 0 Å². The Labute approximate surface area is 315 Å². The number of rotatable bonds is 4. The fourth-order valence-electron chi connectivity index (χ4n) is 8.69. The first-order valence-electron chi connectivity index (χ1n) is 18.2. The number of nitrogens with zero attached hydrogens (tertiary/aromatic N) is 6. The molecule has 11 rings (SSSR count). The van der Waals surface area contributed by atoms with Crippen LogP contribution in [0, 0.1) is 22.7 Å². The van der Waals surface area contributed by atoms with Crippen LogP contribution in [0.5, 0.6) is 0 Å². The summed E-state index contributed by atoms with van der Waals surface area (Å²) in [7, 11) is 0. The molecular formula is C49H28N6. The van der Waals surface area contributed by atoms with E-state index in [-0.39, 0.29) is 0 Å². The van der Waals surface area contributed by atoms with Crippen LogP contribution in [0.2, 0.25) is 0 Å². The predicted octanol–water partition coefficient (Wildman–Crippen LogP) is 11.8. The minimum atomic E-state index is 0.456. The van der Waals surface area contributed by atoms with Gasteiger partial charge >= 0.3 is 0 Å². The standard InChI is InChI=1S/C49H28N6/c50-28-31-26-40(52-30-48(31)55-45-23-11-5-17-38(45)39-18-6-12-24-46(39)55)49-32(29-51)25-33(53-41-19-7-1-13-34(41)35-14-2-8-20-42(35)53)27-47(49)54-43-21-9-3-15-36(43)37-16-4-10-22-44(37)54/h1-27,30H. The topological polar surface area (TPSA) is 75.3 Å². The lowest BCUT2D eigenvalue weighted by Crippen LogP contribution is -2.05. The van der Waals surface area contributed by atoms with E-state index in [2.05, 4.69) is 141 Å². The molecule has 0 N–H and O–H groups in total. The molecule has 254 valence electrons. The summed E-state index contributed by atoms with van der Waals surface area (Å²) in [5.41, 5.74) is 10.6. The summed E-state index contributed by atoms with van der Waals surface area (Å²) in [5, 5.41) is 28.6. The molecule has 0 aliphatic rings. The minimum absolute atomic E-state index is 0.456. The molecule has 0 spiro atoms. The van der Waals surface area contributed by atoms with Crippen LogP contribution >= 0.6 is 0 Å². The van der Waals surface area contributed by atoms with Gasteiger partial charge in [-0.1, -0.05) is 109 Å². The minimum Gasteiger partial charge on any atom is -0.309 e. The summed E-state index contributed by atoms with van der Waals surface area (Å²) in [5.74, 6) is 0. The van der Waals surface area contributed by atoms with Gasteiger partial charge in [0.2, 0.25) is 0 Å². The van der Waals surface area contributed by atoms with Crippen LogP contribution in [-0.4, -0.2) is 18.7 Å². The van der Waals surface area contributed by atoms with Gasteiger partial charge in [0.25, 0.3) is 0 Å². The number of fused-ring (bicyclic) bond motifs is 9. The van der Waals surface area contributed by atoms with E-state index >= 15 is 0 Å². The van der Waals surface area contributed by atoms with E-state index in [0.717, 1.165) is 76.8 Å². The van der Waals surface area contributed by atoms with Crippen LogP contribution in [0.15, 0.2) is 170 Å². The Morgan fingerprint density at radius 1 is 0.382 bits per heavy atom. The zero-order valence-electron chi connectivity index (χ0n) is 29.3. The summed E-state index contributed by atoms with van der Waals surface area (Å²) in [6.07, 6.45) is 1.78. The second-order valence-electron chi connectivity index (χ2n) is 13.8. The highest BCUT2D eigenvalue weighted by Gasteiger charge is 2.24. The maximum Gasteiger partial charge on any atom is 0.101 e. The average molecular weight is 701 g/mol. The van der Waals surface area contributed by atoms with Crippen LogP contribution < -0.4 is 0 Å². The van der Waals surface area contributed by atoms with Gasteiger partial charge in [0.1, 0.15) is 6.07 Å². The zero-order chi connectivity index (χ0) is 36.6. The first kappa shape index (κ1) is 30.7. The zero-order valence-corrected chi connectivity index (χ0v) is 29.3. The second-order valence-corrected chi connectivity index (χ2v) is 13.8. The Hall–Kier alpha value is -7.93. The van der Waals surface area contributed by atoms with Gasteiger partial charge in [-0.15, -0.1) is 0 Å². The molecule has 4 aromatic heterocycles. The highest BCUT2D eigenvalue weighted by molar-refractivity contribution is 6.12. The van der Waals surface area contributed by atoms with Crippen molar-refractivity contribution in [2.75, 3.05) is 0 Å². The van der Waals surface area contributed by atoms with Crippen molar-refractivity contribution >= 4 is 65.4 Å². The first-order valence-corrected chi connectivity index (χ1v) is 18.2. The summed E-state index contributed by atoms with van der Waals surface area (Å²) < 4.78 is 6.60. The third kappa shape index (κ3) is 4.37. The fourth-order valence-corrected chi connectivity index (χ4v) is 8.69. The Kier molecular flexibility index (Phi) is 6.58. The van der Waals surface area contributed by atoms with Crippen molar-refractivity contribution in [3.63, 3.8) is 0 Å². The van der Waals surface area contributed by atoms with Crippen LogP contribution in [-0.2, 0) is 0 Å². The number of para-hydroxylation sites is 6. The predicted molar refractivity (Wildman–Crippen MR) is 222 cm³/mol. The normalized spacial score (nSPS) is 11.6. The summed E-state index contributed by atoms with van der Waals surface area (Å²) >= 11 is 0. The molecule has 0 unspecified atom stereocenters. The highest BCUT2D eigenvalue weighted by Crippen LogP contribution is 2.41. The molecule has 0 atom stereocenters. The summed E-state index contributed by atoms with van der Waals surface area (Å²) in [6, 6.07) is 61.0. The molecule has 4 heterocycles. The van der Waals surface area contributed by atoms with Gasteiger partial charge in [-0.2, -0.15) is 10.5 Å². The quantitative estimate of drug-likeness (QED) is 0.183. The fraction of sp³-hybridized carbons (Fsp3) is 0. The van der Waals surface area contributed by atoms with Gasteiger partial charge in [-0.05, 0) is 54.6 Å². The Balaban J connectivity index is 1.24. The Bertz CT molecular complexity index is 3310. The van der Waals surface area contributed by atoms with Gasteiger partial charge in [0.05, 0.1) is 73.6 Å². The third-order valence-electron chi connectivity index (χ3n) is 11.0. The maximum absolute atomic E-state index is 11.1. The molecular weight excluding hydrogens is 673 g/mol. The van der Waals surface area contributed by atoms with Gasteiger partial charge in [-0.25, -0.2) is 0 Å². The van der Waals surface area contributed by atoms with E-state index in [1.165, 1.54) is 0 Å². The van der Waals surface area contributed by atoms with Crippen molar-refractivity contribution in [3.05, 3.63) is 181 Å². The molecule has 11 aromatic rings. The molecule has 6 nitrogen and oxygen atoms in total. The molecule has 0 saturated heterocycles. The van der Waals surface area contributed by atoms with Gasteiger partial charge in [0.15, 0.2) is 0 Å². The van der Waals surface area contributed by atoms with Gasteiger partial charge in [0, 0.05) is 43.6 Å². The van der Waals surface area contributed by atoms with Crippen LogP contribution in [0.3, 0.4) is 0 Å². The van der Waals surface area contributed by atoms with E-state index in [4.69, 9.17) is 4.98 Å². The van der Waals surface area contributed by atoms with Crippen molar-refractivity contribution in [2.45, 2.75) is 0 Å². The first-order chi connectivity index (χ1) is 27.2. The van der Waals surface area contributed by atoms with E-state index in [1.807, 2.05) is 48.5 Å². The molecule has 7 aromatic carbocycles. The molecule has 55 heavy (non-hydrogen) atoms. The SMILES string of the molecule is N#Cc1cc(-c2c(C#N)cc(-n3c4ccccc4c4ccccc43)cc2-n2c3ccccc3c3ccccc32)ncc1-n1c2ccccc2c2ccccc21.